The Bertz CT molecular complexity index is 487. The van der Waals surface area contributed by atoms with Crippen molar-refractivity contribution in [3.8, 4) is 0 Å². The maximum atomic E-state index is 11.3. The number of aryl methyl sites for hydroxylation is 1. The molecular formula is C13H19N3O2S. The first-order chi connectivity index (χ1) is 8.93. The molecule has 5 nitrogen and oxygen atoms in total. The Kier molecular flexibility index (Phi) is 5.82. The zero-order chi connectivity index (χ0) is 14.4. The first kappa shape index (κ1) is 15.5. The summed E-state index contributed by atoms with van der Waals surface area (Å²) in [5.41, 5.74) is 1.52. The minimum atomic E-state index is -0.382. The highest BCUT2D eigenvalue weighted by molar-refractivity contribution is 7.80. The van der Waals surface area contributed by atoms with Crippen LogP contribution < -0.4 is 5.32 Å². The van der Waals surface area contributed by atoms with Crippen molar-refractivity contribution in [3.63, 3.8) is 0 Å². The minimum Gasteiger partial charge on any atom is -0.463 e. The summed E-state index contributed by atoms with van der Waals surface area (Å²) in [5, 5.41) is 3.60. The van der Waals surface area contributed by atoms with Crippen LogP contribution in [0.4, 0.5) is 5.82 Å². The van der Waals surface area contributed by atoms with Crippen molar-refractivity contribution in [2.45, 2.75) is 38.9 Å². The van der Waals surface area contributed by atoms with E-state index in [1.54, 1.807) is 13.0 Å². The largest absolute Gasteiger partial charge is 0.463 e. The lowest BCUT2D eigenvalue weighted by atomic mass is 10.2. The van der Waals surface area contributed by atoms with E-state index in [2.05, 4.69) is 27.9 Å². The standard InChI is InChI=1S/C13H19N3O2S/c1-5-18-11(17)7-6-10-9(4)15-13(19)16-12(10)14-8(2)3/h6-8H,5H2,1-4H3,(H2,14,15,16,19)/b7-6+. The van der Waals surface area contributed by atoms with Gasteiger partial charge in [-0.1, -0.05) is 0 Å². The molecule has 0 spiro atoms. The summed E-state index contributed by atoms with van der Waals surface area (Å²) >= 11 is 4.16. The van der Waals surface area contributed by atoms with Crippen molar-refractivity contribution in [2.75, 3.05) is 11.9 Å². The molecule has 0 saturated heterocycles. The quantitative estimate of drug-likeness (QED) is 0.376. The van der Waals surface area contributed by atoms with Gasteiger partial charge in [-0.25, -0.2) is 14.8 Å². The molecule has 1 heterocycles. The zero-order valence-electron chi connectivity index (χ0n) is 11.6. The van der Waals surface area contributed by atoms with Gasteiger partial charge in [-0.3, -0.25) is 0 Å². The number of esters is 1. The lowest BCUT2D eigenvalue weighted by molar-refractivity contribution is -0.137. The third-order valence-electron chi connectivity index (χ3n) is 2.22. The maximum Gasteiger partial charge on any atom is 0.330 e. The highest BCUT2D eigenvalue weighted by Gasteiger charge is 2.09. The van der Waals surface area contributed by atoms with E-state index in [0.717, 1.165) is 11.3 Å². The summed E-state index contributed by atoms with van der Waals surface area (Å²) in [6.07, 6.45) is 3.03. The van der Waals surface area contributed by atoms with E-state index in [4.69, 9.17) is 4.74 Å². The number of ether oxygens (including phenoxy) is 1. The molecule has 104 valence electrons. The number of carbonyl (C=O) groups is 1. The number of nitrogens with one attached hydrogen (secondary N) is 1. The molecule has 0 aliphatic heterocycles. The van der Waals surface area contributed by atoms with Gasteiger partial charge in [0.05, 0.1) is 12.3 Å². The van der Waals surface area contributed by atoms with Gasteiger partial charge >= 0.3 is 5.97 Å². The molecule has 1 N–H and O–H groups in total. The van der Waals surface area contributed by atoms with Crippen LogP contribution in [0.2, 0.25) is 0 Å². The second kappa shape index (κ2) is 7.13. The van der Waals surface area contributed by atoms with Gasteiger partial charge in [-0.15, -0.1) is 12.6 Å². The van der Waals surface area contributed by atoms with E-state index >= 15 is 0 Å². The first-order valence-corrected chi connectivity index (χ1v) is 6.57. The van der Waals surface area contributed by atoms with Crippen LogP contribution >= 0.6 is 12.6 Å². The molecule has 0 aromatic carbocycles. The molecule has 1 rings (SSSR count). The van der Waals surface area contributed by atoms with E-state index in [9.17, 15) is 4.79 Å². The number of hydrogen-bond donors (Lipinski definition) is 2. The highest BCUT2D eigenvalue weighted by atomic mass is 32.1. The fourth-order valence-electron chi connectivity index (χ4n) is 1.49. The topological polar surface area (TPSA) is 64.1 Å². The second-order valence-electron chi connectivity index (χ2n) is 4.26. The van der Waals surface area contributed by atoms with Gasteiger partial charge in [0.25, 0.3) is 0 Å². The van der Waals surface area contributed by atoms with Gasteiger partial charge in [-0.2, -0.15) is 0 Å². The Morgan fingerprint density at radius 3 is 2.74 bits per heavy atom. The van der Waals surface area contributed by atoms with Crippen LogP contribution in [0.15, 0.2) is 11.2 Å². The van der Waals surface area contributed by atoms with E-state index in [-0.39, 0.29) is 12.0 Å². The summed E-state index contributed by atoms with van der Waals surface area (Å²) in [4.78, 5) is 19.8. The summed E-state index contributed by atoms with van der Waals surface area (Å²) in [7, 11) is 0. The average Bonchev–Trinajstić information content (AvgIpc) is 2.27. The molecule has 0 amide bonds. The van der Waals surface area contributed by atoms with Crippen LogP contribution in [0.25, 0.3) is 6.08 Å². The van der Waals surface area contributed by atoms with Crippen LogP contribution in [-0.2, 0) is 9.53 Å². The van der Waals surface area contributed by atoms with E-state index < -0.39 is 0 Å². The van der Waals surface area contributed by atoms with Gasteiger partial charge in [0.2, 0.25) is 0 Å². The SMILES string of the molecule is CCOC(=O)/C=C/c1c(C)nc(S)nc1NC(C)C. The average molecular weight is 281 g/mol. The minimum absolute atomic E-state index is 0.219. The van der Waals surface area contributed by atoms with Crippen LogP contribution in [-0.4, -0.2) is 28.6 Å². The molecule has 0 bridgehead atoms. The molecule has 19 heavy (non-hydrogen) atoms. The fraction of sp³-hybridized carbons (Fsp3) is 0.462. The zero-order valence-corrected chi connectivity index (χ0v) is 12.5. The van der Waals surface area contributed by atoms with Crippen LogP contribution in [0.1, 0.15) is 32.0 Å². The molecule has 1 aromatic heterocycles. The number of nitrogens with zero attached hydrogens (tertiary/aromatic N) is 2. The lowest BCUT2D eigenvalue weighted by Gasteiger charge is -2.13. The molecule has 0 fully saturated rings. The predicted octanol–water partition coefficient (Wildman–Crippen LogP) is 2.47. The Hall–Kier alpha value is -1.56. The summed E-state index contributed by atoms with van der Waals surface area (Å²) in [6, 6.07) is 0.219. The molecule has 0 aliphatic rings. The number of rotatable bonds is 5. The van der Waals surface area contributed by atoms with E-state index in [1.807, 2.05) is 20.8 Å². The number of anilines is 1. The highest BCUT2D eigenvalue weighted by Crippen LogP contribution is 2.20. The predicted molar refractivity (Wildman–Crippen MR) is 78.4 cm³/mol. The Labute approximate surface area is 118 Å². The third-order valence-corrected chi connectivity index (χ3v) is 2.42. The summed E-state index contributed by atoms with van der Waals surface area (Å²) in [5.74, 6) is 0.278. The maximum absolute atomic E-state index is 11.3. The smallest absolute Gasteiger partial charge is 0.330 e. The molecule has 0 saturated carbocycles. The number of aromatic nitrogens is 2. The van der Waals surface area contributed by atoms with Crippen molar-refractivity contribution in [3.05, 3.63) is 17.3 Å². The van der Waals surface area contributed by atoms with Gasteiger partial charge < -0.3 is 10.1 Å². The number of thiol groups is 1. The van der Waals surface area contributed by atoms with E-state index in [0.29, 0.717) is 17.6 Å². The van der Waals surface area contributed by atoms with Crippen LogP contribution in [0, 0.1) is 6.92 Å². The van der Waals surface area contributed by atoms with Gasteiger partial charge in [-0.05, 0) is 33.8 Å². The molecule has 0 unspecified atom stereocenters. The second-order valence-corrected chi connectivity index (χ2v) is 4.66. The van der Waals surface area contributed by atoms with E-state index in [1.165, 1.54) is 6.08 Å². The molecule has 0 aliphatic carbocycles. The van der Waals surface area contributed by atoms with Crippen molar-refractivity contribution in [2.24, 2.45) is 0 Å². The van der Waals surface area contributed by atoms with Crippen molar-refractivity contribution in [1.82, 2.24) is 9.97 Å². The third kappa shape index (κ3) is 4.90. The van der Waals surface area contributed by atoms with Crippen molar-refractivity contribution >= 4 is 30.5 Å². The molecule has 6 heteroatoms. The van der Waals surface area contributed by atoms with Crippen LogP contribution in [0.5, 0.6) is 0 Å². The normalized spacial score (nSPS) is 11.1. The molecule has 0 radical (unpaired) electrons. The molecule has 1 aromatic rings. The van der Waals surface area contributed by atoms with Crippen molar-refractivity contribution < 1.29 is 9.53 Å². The van der Waals surface area contributed by atoms with Crippen molar-refractivity contribution in [1.29, 1.82) is 0 Å². The Morgan fingerprint density at radius 2 is 2.16 bits per heavy atom. The Morgan fingerprint density at radius 1 is 1.47 bits per heavy atom. The van der Waals surface area contributed by atoms with Gasteiger partial charge in [0.15, 0.2) is 5.16 Å². The monoisotopic (exact) mass is 281 g/mol. The summed E-state index contributed by atoms with van der Waals surface area (Å²) in [6.45, 7) is 7.98. The number of hydrogen-bond acceptors (Lipinski definition) is 6. The fourth-order valence-corrected chi connectivity index (χ4v) is 1.74. The summed E-state index contributed by atoms with van der Waals surface area (Å²) < 4.78 is 4.85. The van der Waals surface area contributed by atoms with Gasteiger partial charge in [0, 0.05) is 17.7 Å². The number of carbonyl (C=O) groups excluding carboxylic acids is 1. The van der Waals surface area contributed by atoms with Gasteiger partial charge in [0.1, 0.15) is 5.82 Å². The lowest BCUT2D eigenvalue weighted by Crippen LogP contribution is -2.13. The first-order valence-electron chi connectivity index (χ1n) is 6.13. The van der Waals surface area contributed by atoms with Crippen LogP contribution in [0.3, 0.4) is 0 Å². The Balaban J connectivity index is 3.07. The molecular weight excluding hydrogens is 262 g/mol. The molecule has 0 atom stereocenters.